The van der Waals surface area contributed by atoms with Gasteiger partial charge in [-0.3, -0.25) is 9.59 Å². The van der Waals surface area contributed by atoms with E-state index in [-0.39, 0.29) is 29.8 Å². The monoisotopic (exact) mass is 380 g/mol. The molecule has 0 saturated heterocycles. The number of rotatable bonds is 9. The van der Waals surface area contributed by atoms with Crippen molar-refractivity contribution in [3.8, 4) is 0 Å². The van der Waals surface area contributed by atoms with Gasteiger partial charge in [-0.2, -0.15) is 0 Å². The number of anilines is 1. The highest BCUT2D eigenvalue weighted by molar-refractivity contribution is 7.80. The van der Waals surface area contributed by atoms with Gasteiger partial charge >= 0.3 is 11.9 Å². The van der Waals surface area contributed by atoms with Gasteiger partial charge in [0.2, 0.25) is 5.91 Å². The van der Waals surface area contributed by atoms with Gasteiger partial charge in [0.05, 0.1) is 25.2 Å². The van der Waals surface area contributed by atoms with Crippen LogP contribution in [0.15, 0.2) is 24.3 Å². The molecule has 8 heteroatoms. The summed E-state index contributed by atoms with van der Waals surface area (Å²) < 4.78 is 9.93. The Balaban J connectivity index is 2.39. The fraction of sp³-hybridized carbons (Fsp3) is 0.444. The van der Waals surface area contributed by atoms with Crippen molar-refractivity contribution < 1.29 is 23.9 Å². The predicted molar refractivity (Wildman–Crippen MR) is 102 cm³/mol. The van der Waals surface area contributed by atoms with E-state index in [1.54, 1.807) is 24.3 Å². The number of amides is 1. The van der Waals surface area contributed by atoms with Crippen molar-refractivity contribution in [1.29, 1.82) is 0 Å². The minimum Gasteiger partial charge on any atom is -0.466 e. The lowest BCUT2D eigenvalue weighted by molar-refractivity contribution is -0.144. The summed E-state index contributed by atoms with van der Waals surface area (Å²) in [4.78, 5) is 34.8. The van der Waals surface area contributed by atoms with Crippen LogP contribution in [0.2, 0.25) is 0 Å². The minimum absolute atomic E-state index is 0.00299. The summed E-state index contributed by atoms with van der Waals surface area (Å²) in [7, 11) is 0. The van der Waals surface area contributed by atoms with E-state index in [2.05, 4.69) is 10.6 Å². The van der Waals surface area contributed by atoms with Crippen LogP contribution in [0.5, 0.6) is 0 Å². The Kier molecular flexibility index (Phi) is 9.93. The van der Waals surface area contributed by atoms with Crippen molar-refractivity contribution in [2.24, 2.45) is 0 Å². The molecule has 0 atom stereocenters. The number of carbonyl (C=O) groups is 3. The fourth-order valence-electron chi connectivity index (χ4n) is 1.82. The summed E-state index contributed by atoms with van der Waals surface area (Å²) >= 11 is 5.05. The average molecular weight is 380 g/mol. The first-order chi connectivity index (χ1) is 12.5. The molecule has 0 saturated carbocycles. The van der Waals surface area contributed by atoms with Crippen LogP contribution in [0.4, 0.5) is 5.69 Å². The van der Waals surface area contributed by atoms with Crippen molar-refractivity contribution >= 4 is 40.9 Å². The number of thiocarbonyl (C=S) groups is 1. The van der Waals surface area contributed by atoms with Crippen LogP contribution < -0.4 is 10.6 Å². The SMILES string of the molecule is CCCOC(=O)CCC(=O)NC(=S)Nc1ccc(C(=O)OCCC)cc1. The second-order valence-electron chi connectivity index (χ2n) is 5.44. The van der Waals surface area contributed by atoms with E-state index in [9.17, 15) is 14.4 Å². The Morgan fingerprint density at radius 2 is 1.58 bits per heavy atom. The van der Waals surface area contributed by atoms with E-state index >= 15 is 0 Å². The molecule has 1 aromatic rings. The third-order valence-electron chi connectivity index (χ3n) is 3.09. The van der Waals surface area contributed by atoms with Crippen molar-refractivity contribution in [1.82, 2.24) is 5.32 Å². The molecule has 0 spiro atoms. The van der Waals surface area contributed by atoms with E-state index in [4.69, 9.17) is 21.7 Å². The summed E-state index contributed by atoms with van der Waals surface area (Å²) in [5.41, 5.74) is 1.05. The highest BCUT2D eigenvalue weighted by Gasteiger charge is 2.10. The molecule has 0 aliphatic heterocycles. The molecule has 1 amide bonds. The van der Waals surface area contributed by atoms with Gasteiger partial charge in [-0.15, -0.1) is 0 Å². The number of hydrogen-bond donors (Lipinski definition) is 2. The number of hydrogen-bond acceptors (Lipinski definition) is 6. The van der Waals surface area contributed by atoms with Crippen molar-refractivity contribution in [2.75, 3.05) is 18.5 Å². The topological polar surface area (TPSA) is 93.7 Å². The van der Waals surface area contributed by atoms with Gasteiger partial charge in [-0.1, -0.05) is 13.8 Å². The Morgan fingerprint density at radius 3 is 2.19 bits per heavy atom. The summed E-state index contributed by atoms with van der Waals surface area (Å²) in [5, 5.41) is 5.43. The Bertz CT molecular complexity index is 631. The standard InChI is InChI=1S/C18H24N2O5S/c1-3-11-24-16(22)10-9-15(21)20-18(26)19-14-7-5-13(6-8-14)17(23)25-12-4-2/h5-8H,3-4,9-12H2,1-2H3,(H2,19,20,21,26). The molecule has 7 nitrogen and oxygen atoms in total. The predicted octanol–water partition coefficient (Wildman–Crippen LogP) is 2.80. The molecule has 0 fully saturated rings. The zero-order chi connectivity index (χ0) is 19.4. The molecular formula is C18H24N2O5S. The van der Waals surface area contributed by atoms with Crippen LogP contribution in [0.25, 0.3) is 0 Å². The number of carbonyl (C=O) groups excluding carboxylic acids is 3. The first-order valence-corrected chi connectivity index (χ1v) is 8.90. The molecule has 0 aliphatic carbocycles. The van der Waals surface area contributed by atoms with Gasteiger partial charge in [-0.25, -0.2) is 4.79 Å². The molecule has 0 aliphatic rings. The van der Waals surface area contributed by atoms with Gasteiger partial charge in [0.15, 0.2) is 5.11 Å². The molecule has 142 valence electrons. The van der Waals surface area contributed by atoms with Crippen LogP contribution in [0.1, 0.15) is 49.9 Å². The normalized spacial score (nSPS) is 9.92. The molecule has 0 unspecified atom stereocenters. The number of esters is 2. The number of benzene rings is 1. The first-order valence-electron chi connectivity index (χ1n) is 8.49. The molecule has 0 bridgehead atoms. The molecule has 2 N–H and O–H groups in total. The number of ether oxygens (including phenoxy) is 2. The van der Waals surface area contributed by atoms with E-state index in [1.807, 2.05) is 13.8 Å². The van der Waals surface area contributed by atoms with Gasteiger partial charge in [0.1, 0.15) is 0 Å². The Labute approximate surface area is 158 Å². The second kappa shape index (κ2) is 12.0. The molecule has 0 radical (unpaired) electrons. The minimum atomic E-state index is -0.411. The summed E-state index contributed by atoms with van der Waals surface area (Å²) in [5.74, 6) is -1.17. The largest absolute Gasteiger partial charge is 0.466 e. The van der Waals surface area contributed by atoms with E-state index in [0.29, 0.717) is 24.5 Å². The smallest absolute Gasteiger partial charge is 0.338 e. The molecule has 0 aromatic heterocycles. The zero-order valence-corrected chi connectivity index (χ0v) is 15.8. The average Bonchev–Trinajstić information content (AvgIpc) is 2.63. The third kappa shape index (κ3) is 8.57. The Morgan fingerprint density at radius 1 is 0.962 bits per heavy atom. The van der Waals surface area contributed by atoms with Gasteiger partial charge in [0.25, 0.3) is 0 Å². The maximum atomic E-state index is 11.8. The van der Waals surface area contributed by atoms with Crippen molar-refractivity contribution in [3.05, 3.63) is 29.8 Å². The Hall–Kier alpha value is -2.48. The van der Waals surface area contributed by atoms with Crippen LogP contribution in [0, 0.1) is 0 Å². The summed E-state index contributed by atoms with van der Waals surface area (Å²) in [6.07, 6.45) is 1.49. The van der Waals surface area contributed by atoms with Crippen LogP contribution >= 0.6 is 12.2 Å². The van der Waals surface area contributed by atoms with Crippen LogP contribution in [0.3, 0.4) is 0 Å². The molecule has 1 rings (SSSR count). The second-order valence-corrected chi connectivity index (χ2v) is 5.84. The first kappa shape index (κ1) is 21.6. The van der Waals surface area contributed by atoms with Gasteiger partial charge in [-0.05, 0) is 49.3 Å². The number of nitrogens with one attached hydrogen (secondary N) is 2. The highest BCUT2D eigenvalue weighted by atomic mass is 32.1. The molecule has 0 heterocycles. The van der Waals surface area contributed by atoms with E-state index < -0.39 is 5.97 Å². The van der Waals surface area contributed by atoms with Gasteiger partial charge < -0.3 is 20.1 Å². The summed E-state index contributed by atoms with van der Waals surface area (Å²) in [6, 6.07) is 6.52. The maximum absolute atomic E-state index is 11.8. The molecule has 26 heavy (non-hydrogen) atoms. The quantitative estimate of drug-likeness (QED) is 0.502. The maximum Gasteiger partial charge on any atom is 0.338 e. The van der Waals surface area contributed by atoms with Crippen molar-refractivity contribution in [3.63, 3.8) is 0 Å². The fourth-order valence-corrected chi connectivity index (χ4v) is 2.05. The van der Waals surface area contributed by atoms with Gasteiger partial charge in [0, 0.05) is 12.1 Å². The van der Waals surface area contributed by atoms with Crippen LogP contribution in [-0.4, -0.2) is 36.2 Å². The van der Waals surface area contributed by atoms with Crippen molar-refractivity contribution in [2.45, 2.75) is 39.5 Å². The van der Waals surface area contributed by atoms with E-state index in [0.717, 1.165) is 12.8 Å². The lowest BCUT2D eigenvalue weighted by Gasteiger charge is -2.10. The third-order valence-corrected chi connectivity index (χ3v) is 3.30. The summed E-state index contributed by atoms with van der Waals surface area (Å²) in [6.45, 7) is 4.54. The molecular weight excluding hydrogens is 356 g/mol. The highest BCUT2D eigenvalue weighted by Crippen LogP contribution is 2.10. The lowest BCUT2D eigenvalue weighted by atomic mass is 10.2. The molecule has 1 aromatic carbocycles. The lowest BCUT2D eigenvalue weighted by Crippen LogP contribution is -2.34. The van der Waals surface area contributed by atoms with E-state index in [1.165, 1.54) is 0 Å². The van der Waals surface area contributed by atoms with Crippen LogP contribution in [-0.2, 0) is 19.1 Å². The zero-order valence-electron chi connectivity index (χ0n) is 15.0.